The molecule has 1 saturated heterocycles. The van der Waals surface area contributed by atoms with Gasteiger partial charge in [0.05, 0.1) is 0 Å². The molecule has 0 aromatic rings. The van der Waals surface area contributed by atoms with Crippen LogP contribution in [-0.4, -0.2) is 18.5 Å². The molecule has 0 atom stereocenters. The molecular formula is C6H11NO3. The lowest BCUT2D eigenvalue weighted by molar-refractivity contribution is -0.182. The van der Waals surface area contributed by atoms with Crippen molar-refractivity contribution in [1.82, 2.24) is 0 Å². The predicted molar refractivity (Wildman–Crippen MR) is 35.0 cm³/mol. The average Bonchev–Trinajstić information content (AvgIpc) is 1.90. The van der Waals surface area contributed by atoms with E-state index in [9.17, 15) is 9.59 Å². The Morgan fingerprint density at radius 1 is 1.50 bits per heavy atom. The highest BCUT2D eigenvalue weighted by Crippen LogP contribution is 2.11. The summed E-state index contributed by atoms with van der Waals surface area (Å²) in [5, 5.41) is 0. The maximum Gasteiger partial charge on any atom is 0.327 e. The van der Waals surface area contributed by atoms with Gasteiger partial charge in [-0.2, -0.15) is 0 Å². The lowest BCUT2D eigenvalue weighted by Crippen LogP contribution is -2.38. The quantitative estimate of drug-likeness (QED) is 0.374. The maximum atomic E-state index is 10.00. The van der Waals surface area contributed by atoms with Crippen LogP contribution in [0.2, 0.25) is 0 Å². The Balaban J connectivity index is 0.000000236. The van der Waals surface area contributed by atoms with E-state index in [2.05, 4.69) is 4.74 Å². The van der Waals surface area contributed by atoms with Crippen molar-refractivity contribution in [2.45, 2.75) is 13.8 Å². The summed E-state index contributed by atoms with van der Waals surface area (Å²) in [6, 6.07) is 0. The Bertz CT molecular complexity index is 130. The molecular weight excluding hydrogens is 134 g/mol. The number of hydrogen-bond acceptors (Lipinski definition) is 4. The van der Waals surface area contributed by atoms with Crippen LogP contribution in [0.25, 0.3) is 0 Å². The zero-order chi connectivity index (χ0) is 8.15. The van der Waals surface area contributed by atoms with Crippen LogP contribution < -0.4 is 5.73 Å². The molecule has 0 saturated carbocycles. The first-order chi connectivity index (χ1) is 4.63. The number of esters is 2. The summed E-state index contributed by atoms with van der Waals surface area (Å²) >= 11 is 0. The Labute approximate surface area is 59.3 Å². The van der Waals surface area contributed by atoms with Crippen LogP contribution in [0.5, 0.6) is 0 Å². The fourth-order valence-corrected chi connectivity index (χ4v) is 0.314. The summed E-state index contributed by atoms with van der Waals surface area (Å²) < 4.78 is 3.97. The molecule has 1 aliphatic heterocycles. The van der Waals surface area contributed by atoms with Gasteiger partial charge in [-0.1, -0.05) is 6.92 Å². The van der Waals surface area contributed by atoms with Crippen molar-refractivity contribution < 1.29 is 14.3 Å². The zero-order valence-electron chi connectivity index (χ0n) is 6.09. The molecule has 1 heterocycles. The minimum absolute atomic E-state index is 0.412. The molecule has 0 radical (unpaired) electrons. The van der Waals surface area contributed by atoms with Gasteiger partial charge in [0.2, 0.25) is 0 Å². The number of rotatable bonds is 0. The SMILES string of the molecule is CC1C(=O)OC1=O.CCN. The van der Waals surface area contributed by atoms with Gasteiger partial charge in [0.1, 0.15) is 0 Å². The van der Waals surface area contributed by atoms with Crippen LogP contribution in [0.1, 0.15) is 13.8 Å². The highest BCUT2D eigenvalue weighted by atomic mass is 16.6. The first-order valence-corrected chi connectivity index (χ1v) is 3.09. The predicted octanol–water partition coefficient (Wildman–Crippen LogP) is -0.329. The topological polar surface area (TPSA) is 69.4 Å². The van der Waals surface area contributed by atoms with Crippen LogP contribution in [-0.2, 0) is 14.3 Å². The summed E-state index contributed by atoms with van der Waals surface area (Å²) in [6.07, 6.45) is 0. The van der Waals surface area contributed by atoms with E-state index >= 15 is 0 Å². The van der Waals surface area contributed by atoms with E-state index in [1.165, 1.54) is 6.92 Å². The molecule has 4 nitrogen and oxygen atoms in total. The van der Waals surface area contributed by atoms with Crippen molar-refractivity contribution in [3.05, 3.63) is 0 Å². The molecule has 10 heavy (non-hydrogen) atoms. The monoisotopic (exact) mass is 145 g/mol. The van der Waals surface area contributed by atoms with Crippen LogP contribution >= 0.6 is 0 Å². The molecule has 4 heteroatoms. The second-order valence-electron chi connectivity index (χ2n) is 1.87. The number of hydrogen-bond donors (Lipinski definition) is 1. The highest BCUT2D eigenvalue weighted by Gasteiger charge is 2.36. The van der Waals surface area contributed by atoms with E-state index in [1.54, 1.807) is 0 Å². The third-order valence-corrected chi connectivity index (χ3v) is 0.908. The third kappa shape index (κ3) is 2.14. The minimum atomic E-state index is -0.500. The van der Waals surface area contributed by atoms with E-state index in [-0.39, 0.29) is 0 Å². The molecule has 0 unspecified atom stereocenters. The maximum absolute atomic E-state index is 10.00. The fourth-order valence-electron chi connectivity index (χ4n) is 0.314. The molecule has 1 rings (SSSR count). The average molecular weight is 145 g/mol. The molecule has 2 N–H and O–H groups in total. The van der Waals surface area contributed by atoms with Gasteiger partial charge in [0.15, 0.2) is 5.92 Å². The second-order valence-corrected chi connectivity index (χ2v) is 1.87. The van der Waals surface area contributed by atoms with Crippen LogP contribution in [0.3, 0.4) is 0 Å². The highest BCUT2D eigenvalue weighted by molar-refractivity contribution is 6.08. The minimum Gasteiger partial charge on any atom is -0.392 e. The first kappa shape index (κ1) is 9.10. The first-order valence-electron chi connectivity index (χ1n) is 3.09. The molecule has 58 valence electrons. The van der Waals surface area contributed by atoms with Gasteiger partial charge in [0.25, 0.3) is 0 Å². The fraction of sp³-hybridized carbons (Fsp3) is 0.667. The lowest BCUT2D eigenvalue weighted by Gasteiger charge is -2.16. The Morgan fingerprint density at radius 2 is 1.80 bits per heavy atom. The van der Waals surface area contributed by atoms with Crippen LogP contribution in [0.4, 0.5) is 0 Å². The summed E-state index contributed by atoms with van der Waals surface area (Å²) in [6.45, 7) is 4.17. The molecule has 1 aliphatic rings. The van der Waals surface area contributed by atoms with Gasteiger partial charge in [-0.15, -0.1) is 0 Å². The number of carbonyl (C=O) groups excluding carboxylic acids is 2. The van der Waals surface area contributed by atoms with Gasteiger partial charge in [-0.25, -0.2) is 0 Å². The number of nitrogens with two attached hydrogens (primary N) is 1. The Hall–Kier alpha value is -0.900. The van der Waals surface area contributed by atoms with Crippen molar-refractivity contribution >= 4 is 11.9 Å². The second kappa shape index (κ2) is 4.00. The molecule has 0 amide bonds. The summed E-state index contributed by atoms with van der Waals surface area (Å²) in [5.74, 6) is -1.32. The van der Waals surface area contributed by atoms with Gasteiger partial charge in [-0.3, -0.25) is 9.59 Å². The largest absolute Gasteiger partial charge is 0.392 e. The van der Waals surface area contributed by atoms with E-state index in [1.807, 2.05) is 6.92 Å². The Kier molecular flexibility index (Phi) is 3.64. The van der Waals surface area contributed by atoms with Gasteiger partial charge in [0, 0.05) is 0 Å². The van der Waals surface area contributed by atoms with E-state index in [0.29, 0.717) is 0 Å². The van der Waals surface area contributed by atoms with E-state index < -0.39 is 17.9 Å². The summed E-state index contributed by atoms with van der Waals surface area (Å²) in [5.41, 5.74) is 4.85. The van der Waals surface area contributed by atoms with Crippen LogP contribution in [0, 0.1) is 5.92 Å². The van der Waals surface area contributed by atoms with E-state index in [0.717, 1.165) is 6.54 Å². The molecule has 1 fully saturated rings. The molecule has 0 spiro atoms. The molecule has 0 aromatic heterocycles. The van der Waals surface area contributed by atoms with Gasteiger partial charge < -0.3 is 10.5 Å². The lowest BCUT2D eigenvalue weighted by atomic mass is 10.1. The van der Waals surface area contributed by atoms with Crippen molar-refractivity contribution in [2.75, 3.05) is 6.54 Å². The van der Waals surface area contributed by atoms with Gasteiger partial charge in [-0.05, 0) is 13.5 Å². The van der Waals surface area contributed by atoms with Crippen molar-refractivity contribution in [3.8, 4) is 0 Å². The molecule has 0 aliphatic carbocycles. The third-order valence-electron chi connectivity index (χ3n) is 0.908. The summed E-state index contributed by atoms with van der Waals surface area (Å²) in [7, 11) is 0. The Morgan fingerprint density at radius 3 is 1.80 bits per heavy atom. The summed E-state index contributed by atoms with van der Waals surface area (Å²) in [4.78, 5) is 20.0. The zero-order valence-corrected chi connectivity index (χ0v) is 6.09. The van der Waals surface area contributed by atoms with Crippen molar-refractivity contribution in [1.29, 1.82) is 0 Å². The van der Waals surface area contributed by atoms with Crippen molar-refractivity contribution in [2.24, 2.45) is 11.7 Å². The molecule has 0 aromatic carbocycles. The van der Waals surface area contributed by atoms with Gasteiger partial charge >= 0.3 is 11.9 Å². The number of carbonyl (C=O) groups is 2. The standard InChI is InChI=1S/C4H4O3.C2H7N/c1-2-3(5)7-4(2)6;1-2-3/h2H,1H3;2-3H2,1H3. The number of ether oxygens (including phenoxy) is 1. The number of cyclic esters (lactones) is 2. The van der Waals surface area contributed by atoms with Crippen molar-refractivity contribution in [3.63, 3.8) is 0 Å². The molecule has 0 bridgehead atoms. The van der Waals surface area contributed by atoms with E-state index in [4.69, 9.17) is 5.73 Å². The smallest absolute Gasteiger partial charge is 0.327 e. The van der Waals surface area contributed by atoms with Crippen LogP contribution in [0.15, 0.2) is 0 Å². The normalized spacial score (nSPS) is 16.7.